The van der Waals surface area contributed by atoms with Gasteiger partial charge in [0.2, 0.25) is 5.91 Å². The second kappa shape index (κ2) is 5.73. The maximum Gasteiger partial charge on any atom is 0.326 e. The van der Waals surface area contributed by atoms with Crippen molar-refractivity contribution in [2.24, 2.45) is 5.41 Å². The lowest BCUT2D eigenvalue weighted by molar-refractivity contribution is -0.146. The van der Waals surface area contributed by atoms with Crippen molar-refractivity contribution in [3.05, 3.63) is 0 Å². The number of amides is 1. The molecule has 2 N–H and O–H groups in total. The molecule has 0 aromatic heterocycles. The molecule has 0 bridgehead atoms. The zero-order valence-electron chi connectivity index (χ0n) is 9.96. The van der Waals surface area contributed by atoms with Gasteiger partial charge in [0, 0.05) is 12.3 Å². The van der Waals surface area contributed by atoms with Crippen LogP contribution in [-0.4, -0.2) is 23.0 Å². The van der Waals surface area contributed by atoms with Crippen molar-refractivity contribution in [1.29, 1.82) is 0 Å². The molecule has 1 amide bonds. The third-order valence-electron chi connectivity index (χ3n) is 3.32. The largest absolute Gasteiger partial charge is 0.480 e. The van der Waals surface area contributed by atoms with E-state index in [2.05, 4.69) is 5.32 Å². The van der Waals surface area contributed by atoms with E-state index in [0.717, 1.165) is 19.3 Å². The molecule has 0 aromatic carbocycles. The Morgan fingerprint density at radius 3 is 1.80 bits per heavy atom. The molecule has 0 rings (SSSR count). The highest BCUT2D eigenvalue weighted by molar-refractivity contribution is 5.82. The number of carboxylic acid groups (broad SMARTS) is 1. The van der Waals surface area contributed by atoms with Crippen molar-refractivity contribution in [3.63, 3.8) is 0 Å². The number of hydrogen-bond acceptors (Lipinski definition) is 2. The lowest BCUT2D eigenvalue weighted by atomic mass is 9.73. The van der Waals surface area contributed by atoms with Crippen LogP contribution in [0.25, 0.3) is 0 Å². The van der Waals surface area contributed by atoms with E-state index < -0.39 is 12.0 Å². The number of rotatable bonds is 6. The molecule has 0 heterocycles. The molecule has 1 unspecified atom stereocenters. The van der Waals surface area contributed by atoms with Crippen LogP contribution in [0.3, 0.4) is 0 Å². The third kappa shape index (κ3) is 3.22. The van der Waals surface area contributed by atoms with Crippen LogP contribution in [0.1, 0.15) is 47.0 Å². The molecule has 88 valence electrons. The molecule has 0 spiro atoms. The van der Waals surface area contributed by atoms with Crippen molar-refractivity contribution in [1.82, 2.24) is 5.32 Å². The first-order valence-electron chi connectivity index (χ1n) is 5.43. The minimum Gasteiger partial charge on any atom is -0.480 e. The first-order chi connectivity index (χ1) is 6.93. The Bertz CT molecular complexity index is 226. The number of nitrogens with one attached hydrogen (secondary N) is 1. The quantitative estimate of drug-likeness (QED) is 0.710. The monoisotopic (exact) mass is 215 g/mol. The summed E-state index contributed by atoms with van der Waals surface area (Å²) in [6.45, 7) is 7.24. The molecule has 0 saturated carbocycles. The van der Waals surface area contributed by atoms with Gasteiger partial charge in [-0.2, -0.15) is 0 Å². The van der Waals surface area contributed by atoms with Crippen molar-refractivity contribution in [3.8, 4) is 0 Å². The fourth-order valence-electron chi connectivity index (χ4n) is 2.04. The molecule has 0 saturated heterocycles. The maximum absolute atomic E-state index is 11.1. The minimum atomic E-state index is -0.948. The average molecular weight is 215 g/mol. The summed E-state index contributed by atoms with van der Waals surface area (Å²) >= 11 is 0. The summed E-state index contributed by atoms with van der Waals surface area (Å²) in [5, 5.41) is 11.7. The fraction of sp³-hybridized carbons (Fsp3) is 0.818. The van der Waals surface area contributed by atoms with Crippen molar-refractivity contribution in [2.75, 3.05) is 0 Å². The Hall–Kier alpha value is -1.06. The maximum atomic E-state index is 11.1. The molecule has 4 nitrogen and oxygen atoms in total. The summed E-state index contributed by atoms with van der Waals surface area (Å²) in [5.74, 6) is -1.24. The van der Waals surface area contributed by atoms with Gasteiger partial charge < -0.3 is 10.4 Å². The second-order valence-corrected chi connectivity index (χ2v) is 3.89. The lowest BCUT2D eigenvalue weighted by Gasteiger charge is -2.36. The van der Waals surface area contributed by atoms with Crippen LogP contribution in [0.5, 0.6) is 0 Å². The van der Waals surface area contributed by atoms with E-state index in [0.29, 0.717) is 0 Å². The predicted octanol–water partition coefficient (Wildman–Crippen LogP) is 1.79. The van der Waals surface area contributed by atoms with Crippen LogP contribution in [-0.2, 0) is 9.59 Å². The number of carbonyl (C=O) groups is 2. The molecule has 0 aromatic rings. The molecular weight excluding hydrogens is 194 g/mol. The summed E-state index contributed by atoms with van der Waals surface area (Å²) in [4.78, 5) is 22.1. The lowest BCUT2D eigenvalue weighted by Crippen LogP contribution is -2.51. The fourth-order valence-corrected chi connectivity index (χ4v) is 2.04. The first kappa shape index (κ1) is 13.9. The topological polar surface area (TPSA) is 66.4 Å². The first-order valence-corrected chi connectivity index (χ1v) is 5.43. The molecule has 15 heavy (non-hydrogen) atoms. The van der Waals surface area contributed by atoms with Crippen LogP contribution in [0.2, 0.25) is 0 Å². The zero-order valence-corrected chi connectivity index (χ0v) is 9.96. The van der Waals surface area contributed by atoms with Crippen LogP contribution >= 0.6 is 0 Å². The average Bonchev–Trinajstić information content (AvgIpc) is 2.19. The second-order valence-electron chi connectivity index (χ2n) is 3.89. The SMILES string of the molecule is CCC(CC)(CC)C(NC(C)=O)C(=O)O. The third-order valence-corrected chi connectivity index (χ3v) is 3.32. The molecule has 0 aliphatic rings. The van der Waals surface area contributed by atoms with Crippen LogP contribution in [0.4, 0.5) is 0 Å². The predicted molar refractivity (Wildman–Crippen MR) is 58.5 cm³/mol. The van der Waals surface area contributed by atoms with E-state index in [-0.39, 0.29) is 11.3 Å². The van der Waals surface area contributed by atoms with Gasteiger partial charge >= 0.3 is 5.97 Å². The molecule has 4 heteroatoms. The normalized spacial score (nSPS) is 13.3. The summed E-state index contributed by atoms with van der Waals surface area (Å²) in [6.07, 6.45) is 2.24. The molecule has 0 fully saturated rings. The Labute approximate surface area is 91.1 Å². The van der Waals surface area contributed by atoms with Crippen LogP contribution in [0, 0.1) is 5.41 Å². The Morgan fingerprint density at radius 1 is 1.20 bits per heavy atom. The number of carboxylic acids is 1. The number of hydrogen-bond donors (Lipinski definition) is 2. The summed E-state index contributed by atoms with van der Waals surface area (Å²) in [6, 6.07) is -0.782. The van der Waals surface area contributed by atoms with Crippen molar-refractivity contribution in [2.45, 2.75) is 53.0 Å². The Kier molecular flexibility index (Phi) is 5.33. The van der Waals surface area contributed by atoms with Gasteiger partial charge in [-0.15, -0.1) is 0 Å². The van der Waals surface area contributed by atoms with Gasteiger partial charge in [0.15, 0.2) is 0 Å². The summed E-state index contributed by atoms with van der Waals surface area (Å²) < 4.78 is 0. The van der Waals surface area contributed by atoms with E-state index >= 15 is 0 Å². The number of carbonyl (C=O) groups excluding carboxylic acids is 1. The van der Waals surface area contributed by atoms with Gasteiger partial charge in [-0.25, -0.2) is 4.79 Å². The number of aliphatic carboxylic acids is 1. The highest BCUT2D eigenvalue weighted by Gasteiger charge is 2.39. The van der Waals surface area contributed by atoms with Gasteiger partial charge in [-0.1, -0.05) is 20.8 Å². The zero-order chi connectivity index (χ0) is 12.1. The summed E-state index contributed by atoms with van der Waals surface area (Å²) in [7, 11) is 0. The Morgan fingerprint density at radius 2 is 1.60 bits per heavy atom. The molecule has 0 aliphatic heterocycles. The van der Waals surface area contributed by atoms with Crippen LogP contribution < -0.4 is 5.32 Å². The highest BCUT2D eigenvalue weighted by Crippen LogP contribution is 2.34. The molecule has 1 atom stereocenters. The molecule has 0 aliphatic carbocycles. The van der Waals surface area contributed by atoms with Gasteiger partial charge in [0.25, 0.3) is 0 Å². The summed E-state index contributed by atoms with van der Waals surface area (Å²) in [5.41, 5.74) is -0.336. The minimum absolute atomic E-state index is 0.290. The highest BCUT2D eigenvalue weighted by atomic mass is 16.4. The molecular formula is C11H21NO3. The van der Waals surface area contributed by atoms with E-state index in [1.54, 1.807) is 0 Å². The smallest absolute Gasteiger partial charge is 0.326 e. The van der Waals surface area contributed by atoms with Gasteiger partial charge in [-0.05, 0) is 19.3 Å². The van der Waals surface area contributed by atoms with Gasteiger partial charge in [-0.3, -0.25) is 4.79 Å². The van der Waals surface area contributed by atoms with E-state index in [4.69, 9.17) is 5.11 Å². The van der Waals surface area contributed by atoms with Crippen molar-refractivity contribution >= 4 is 11.9 Å². The van der Waals surface area contributed by atoms with E-state index in [9.17, 15) is 9.59 Å². The van der Waals surface area contributed by atoms with Gasteiger partial charge in [0.1, 0.15) is 6.04 Å². The molecule has 0 radical (unpaired) electrons. The standard InChI is InChI=1S/C11H21NO3/c1-5-11(6-2,7-3)9(10(14)15)12-8(4)13/h9H,5-7H2,1-4H3,(H,12,13)(H,14,15). The van der Waals surface area contributed by atoms with Crippen LogP contribution in [0.15, 0.2) is 0 Å². The van der Waals surface area contributed by atoms with Crippen molar-refractivity contribution < 1.29 is 14.7 Å². The van der Waals surface area contributed by atoms with Gasteiger partial charge in [0.05, 0.1) is 0 Å². The van der Waals surface area contributed by atoms with E-state index in [1.807, 2.05) is 20.8 Å². The Balaban J connectivity index is 4.99. The van der Waals surface area contributed by atoms with E-state index in [1.165, 1.54) is 6.92 Å².